The summed E-state index contributed by atoms with van der Waals surface area (Å²) < 4.78 is 22.7. The molecular weight excluding hydrogens is 328 g/mol. The third-order valence-corrected chi connectivity index (χ3v) is 4.84. The number of carbonyl (C=O) groups excluding carboxylic acids is 2. The molecule has 0 bridgehead atoms. The van der Waals surface area contributed by atoms with Crippen LogP contribution < -0.4 is 10.6 Å². The molecule has 22 heavy (non-hydrogen) atoms. The Labute approximate surface area is 135 Å². The molecule has 1 atom stereocenters. The molecule has 0 unspecified atom stereocenters. The average molecular weight is 347 g/mol. The summed E-state index contributed by atoms with van der Waals surface area (Å²) in [5, 5.41) is 4.17. The van der Waals surface area contributed by atoms with Crippen LogP contribution in [0.4, 0.5) is 5.69 Å². The van der Waals surface area contributed by atoms with E-state index in [9.17, 15) is 18.0 Å². The number of halogens is 1. The highest BCUT2D eigenvalue weighted by atomic mass is 35.5. The second-order valence-electron chi connectivity index (χ2n) is 4.91. The average Bonchev–Trinajstić information content (AvgIpc) is 2.43. The van der Waals surface area contributed by atoms with E-state index in [1.165, 1.54) is 25.1 Å². The first-order valence-electron chi connectivity index (χ1n) is 6.74. The molecule has 1 aromatic carbocycles. The summed E-state index contributed by atoms with van der Waals surface area (Å²) in [6, 6.07) is 4.39. The molecule has 0 aliphatic rings. The molecule has 0 radical (unpaired) electrons. The van der Waals surface area contributed by atoms with Crippen molar-refractivity contribution in [2.24, 2.45) is 0 Å². The van der Waals surface area contributed by atoms with Crippen molar-refractivity contribution in [3.8, 4) is 0 Å². The fourth-order valence-corrected chi connectivity index (χ4v) is 2.26. The van der Waals surface area contributed by atoms with E-state index >= 15 is 0 Å². The van der Waals surface area contributed by atoms with E-state index in [1.807, 2.05) is 6.92 Å². The number of carbonyl (C=O) groups is 2. The second kappa shape index (κ2) is 7.60. The van der Waals surface area contributed by atoms with Crippen LogP contribution in [-0.4, -0.2) is 38.3 Å². The van der Waals surface area contributed by atoms with Gasteiger partial charge in [0.25, 0.3) is 5.91 Å². The Morgan fingerprint density at radius 2 is 1.95 bits per heavy atom. The highest BCUT2D eigenvalue weighted by molar-refractivity contribution is 7.92. The van der Waals surface area contributed by atoms with Crippen molar-refractivity contribution in [2.45, 2.75) is 25.5 Å². The number of anilines is 1. The van der Waals surface area contributed by atoms with Crippen LogP contribution in [0.3, 0.4) is 0 Å². The zero-order chi connectivity index (χ0) is 16.9. The van der Waals surface area contributed by atoms with Gasteiger partial charge in [-0.1, -0.05) is 18.5 Å². The predicted molar refractivity (Wildman–Crippen MR) is 87.0 cm³/mol. The molecule has 0 aliphatic carbocycles. The standard InChI is InChI=1S/C14H19ClN2O4S/c1-4-7-16-14(19)11-6-5-10(8-12(11)15)17-13(18)9(2)22(3,20)21/h5-6,8-9H,4,7H2,1-3H3,(H,16,19)(H,17,18)/t9-/m0/s1. The molecule has 122 valence electrons. The monoisotopic (exact) mass is 346 g/mol. The van der Waals surface area contributed by atoms with Gasteiger partial charge in [-0.3, -0.25) is 9.59 Å². The molecule has 0 aliphatic heterocycles. The predicted octanol–water partition coefficient (Wildman–Crippen LogP) is 1.85. The summed E-state index contributed by atoms with van der Waals surface area (Å²) >= 11 is 6.03. The van der Waals surface area contributed by atoms with E-state index in [1.54, 1.807) is 0 Å². The number of hydrogen-bond acceptors (Lipinski definition) is 4. The normalized spacial score (nSPS) is 12.5. The molecule has 0 fully saturated rings. The maximum atomic E-state index is 11.8. The number of rotatable bonds is 6. The summed E-state index contributed by atoms with van der Waals surface area (Å²) in [5.41, 5.74) is 0.627. The minimum absolute atomic E-state index is 0.179. The van der Waals surface area contributed by atoms with Crippen molar-refractivity contribution in [2.75, 3.05) is 18.1 Å². The lowest BCUT2D eigenvalue weighted by Crippen LogP contribution is -2.31. The first-order chi connectivity index (χ1) is 10.2. The molecule has 0 saturated carbocycles. The lowest BCUT2D eigenvalue weighted by Gasteiger charge is -2.12. The van der Waals surface area contributed by atoms with Gasteiger partial charge in [-0.2, -0.15) is 0 Å². The third-order valence-electron chi connectivity index (χ3n) is 3.03. The number of sulfone groups is 1. The van der Waals surface area contributed by atoms with E-state index in [-0.39, 0.29) is 10.9 Å². The minimum atomic E-state index is -3.47. The molecule has 8 heteroatoms. The quantitative estimate of drug-likeness (QED) is 0.822. The van der Waals surface area contributed by atoms with E-state index in [0.717, 1.165) is 12.7 Å². The van der Waals surface area contributed by atoms with Gasteiger partial charge in [0.15, 0.2) is 9.84 Å². The Morgan fingerprint density at radius 1 is 1.32 bits per heavy atom. The SMILES string of the molecule is CCCNC(=O)c1ccc(NC(=O)[C@H](C)S(C)(=O)=O)cc1Cl. The molecule has 1 aromatic rings. The van der Waals surface area contributed by atoms with Crippen LogP contribution in [0.15, 0.2) is 18.2 Å². The Bertz CT molecular complexity index is 673. The van der Waals surface area contributed by atoms with Crippen LogP contribution in [-0.2, 0) is 14.6 Å². The molecule has 2 amide bonds. The molecule has 0 spiro atoms. The van der Waals surface area contributed by atoms with Crippen molar-refractivity contribution in [1.29, 1.82) is 0 Å². The number of nitrogens with one attached hydrogen (secondary N) is 2. The van der Waals surface area contributed by atoms with Gasteiger partial charge in [-0.25, -0.2) is 8.42 Å². The lowest BCUT2D eigenvalue weighted by atomic mass is 10.2. The molecule has 0 aromatic heterocycles. The van der Waals surface area contributed by atoms with Gasteiger partial charge in [-0.15, -0.1) is 0 Å². The Hall–Kier alpha value is -1.60. The Kier molecular flexibility index (Phi) is 6.37. The number of hydrogen-bond donors (Lipinski definition) is 2. The minimum Gasteiger partial charge on any atom is -0.352 e. The molecular formula is C14H19ClN2O4S. The fraction of sp³-hybridized carbons (Fsp3) is 0.429. The molecule has 0 saturated heterocycles. The van der Waals surface area contributed by atoms with E-state index < -0.39 is 21.0 Å². The highest BCUT2D eigenvalue weighted by Gasteiger charge is 2.23. The van der Waals surface area contributed by atoms with E-state index in [2.05, 4.69) is 10.6 Å². The van der Waals surface area contributed by atoms with Gasteiger partial charge in [0, 0.05) is 18.5 Å². The molecule has 2 N–H and O–H groups in total. The molecule has 0 heterocycles. The van der Waals surface area contributed by atoms with Gasteiger partial charge in [0.2, 0.25) is 5.91 Å². The van der Waals surface area contributed by atoms with Crippen LogP contribution >= 0.6 is 11.6 Å². The van der Waals surface area contributed by atoms with Gasteiger partial charge >= 0.3 is 0 Å². The van der Waals surface area contributed by atoms with Crippen LogP contribution in [0.5, 0.6) is 0 Å². The van der Waals surface area contributed by atoms with Crippen LogP contribution in [0, 0.1) is 0 Å². The highest BCUT2D eigenvalue weighted by Crippen LogP contribution is 2.21. The van der Waals surface area contributed by atoms with Crippen molar-refractivity contribution >= 4 is 38.9 Å². The van der Waals surface area contributed by atoms with Gasteiger partial charge < -0.3 is 10.6 Å². The van der Waals surface area contributed by atoms with Crippen LogP contribution in [0.25, 0.3) is 0 Å². The lowest BCUT2D eigenvalue weighted by molar-refractivity contribution is -0.115. The number of amides is 2. The first-order valence-corrected chi connectivity index (χ1v) is 9.07. The van der Waals surface area contributed by atoms with Crippen molar-refractivity contribution in [3.63, 3.8) is 0 Å². The number of benzene rings is 1. The maximum absolute atomic E-state index is 11.8. The fourth-order valence-electron chi connectivity index (χ4n) is 1.55. The largest absolute Gasteiger partial charge is 0.352 e. The van der Waals surface area contributed by atoms with Crippen molar-refractivity contribution in [1.82, 2.24) is 5.32 Å². The van der Waals surface area contributed by atoms with Crippen LogP contribution in [0.1, 0.15) is 30.6 Å². The topological polar surface area (TPSA) is 92.3 Å². The van der Waals surface area contributed by atoms with E-state index in [4.69, 9.17) is 11.6 Å². The van der Waals surface area contributed by atoms with Crippen LogP contribution in [0.2, 0.25) is 5.02 Å². The Balaban J connectivity index is 2.86. The summed E-state index contributed by atoms with van der Waals surface area (Å²) in [6.45, 7) is 3.78. The summed E-state index contributed by atoms with van der Waals surface area (Å²) in [5.74, 6) is -0.948. The zero-order valence-electron chi connectivity index (χ0n) is 12.6. The van der Waals surface area contributed by atoms with Crippen molar-refractivity contribution in [3.05, 3.63) is 28.8 Å². The smallest absolute Gasteiger partial charge is 0.252 e. The zero-order valence-corrected chi connectivity index (χ0v) is 14.2. The second-order valence-corrected chi connectivity index (χ2v) is 7.68. The summed E-state index contributed by atoms with van der Waals surface area (Å²) in [6.07, 6.45) is 1.80. The van der Waals surface area contributed by atoms with Gasteiger partial charge in [-0.05, 0) is 31.5 Å². The first kappa shape index (κ1) is 18.4. The maximum Gasteiger partial charge on any atom is 0.252 e. The van der Waals surface area contributed by atoms with E-state index in [0.29, 0.717) is 17.8 Å². The summed E-state index contributed by atoms with van der Waals surface area (Å²) in [4.78, 5) is 23.7. The van der Waals surface area contributed by atoms with Crippen molar-refractivity contribution < 1.29 is 18.0 Å². The molecule has 1 rings (SSSR count). The van der Waals surface area contributed by atoms with Gasteiger partial charge in [0.05, 0.1) is 10.6 Å². The Morgan fingerprint density at radius 3 is 2.45 bits per heavy atom. The van der Waals surface area contributed by atoms with Gasteiger partial charge in [0.1, 0.15) is 5.25 Å². The third kappa shape index (κ3) is 4.99. The molecule has 6 nitrogen and oxygen atoms in total. The summed E-state index contributed by atoms with van der Waals surface area (Å²) in [7, 11) is -3.47.